The lowest BCUT2D eigenvalue weighted by Gasteiger charge is -2.09. The third-order valence-corrected chi connectivity index (χ3v) is 14.8. The number of nitrogens with zero attached hydrogens (tertiary/aromatic N) is 3. The van der Waals surface area contributed by atoms with Crippen LogP contribution in [0.5, 0.6) is 0 Å². The smallest absolute Gasteiger partial charge is 0.0711 e. The molecule has 0 unspecified atom stereocenters. The molecular formula is C56H35N3S2. The van der Waals surface area contributed by atoms with E-state index >= 15 is 0 Å². The number of hydrogen-bond donors (Lipinski definition) is 0. The highest BCUT2D eigenvalue weighted by Crippen LogP contribution is 2.48. The molecule has 0 radical (unpaired) electrons. The Bertz CT molecular complexity index is 3770. The van der Waals surface area contributed by atoms with E-state index in [1.165, 1.54) is 102 Å². The number of benzene rings is 8. The predicted octanol–water partition coefficient (Wildman–Crippen LogP) is 16.1. The minimum atomic E-state index is 1.16. The van der Waals surface area contributed by atoms with Gasteiger partial charge in [0.2, 0.25) is 0 Å². The second-order valence-electron chi connectivity index (χ2n) is 15.7. The molecule has 5 heteroatoms. The lowest BCUT2D eigenvalue weighted by atomic mass is 10.0. The summed E-state index contributed by atoms with van der Waals surface area (Å²) in [6.07, 6.45) is 0. The number of para-hydroxylation sites is 4. The van der Waals surface area contributed by atoms with Gasteiger partial charge in [0, 0.05) is 48.4 Å². The molecule has 13 aromatic rings. The maximum absolute atomic E-state index is 2.46. The molecule has 0 N–H and O–H groups in total. The summed E-state index contributed by atoms with van der Waals surface area (Å²) in [7, 11) is 0. The first-order chi connectivity index (χ1) is 30.2. The van der Waals surface area contributed by atoms with Crippen LogP contribution in [0.4, 0.5) is 0 Å². The van der Waals surface area contributed by atoms with Crippen LogP contribution in [0.1, 0.15) is 0 Å². The van der Waals surface area contributed by atoms with Gasteiger partial charge in [-0.15, -0.1) is 22.7 Å². The van der Waals surface area contributed by atoms with E-state index in [1.807, 2.05) is 22.7 Å². The maximum Gasteiger partial charge on any atom is 0.0711 e. The molecule has 0 aliphatic carbocycles. The van der Waals surface area contributed by atoms with Gasteiger partial charge in [-0.05, 0) is 101 Å². The molecule has 0 aliphatic heterocycles. The van der Waals surface area contributed by atoms with Crippen LogP contribution in [-0.4, -0.2) is 13.7 Å². The van der Waals surface area contributed by atoms with Crippen molar-refractivity contribution >= 4 is 86.7 Å². The maximum atomic E-state index is 2.46. The highest BCUT2D eigenvalue weighted by Gasteiger charge is 2.22. The topological polar surface area (TPSA) is 14.8 Å². The Hall–Kier alpha value is -7.44. The van der Waals surface area contributed by atoms with Crippen LogP contribution in [0.25, 0.3) is 113 Å². The molecule has 8 aromatic carbocycles. The molecule has 0 bridgehead atoms. The number of thiophene rings is 2. The molecule has 5 aromatic heterocycles. The van der Waals surface area contributed by atoms with Gasteiger partial charge in [0.1, 0.15) is 0 Å². The van der Waals surface area contributed by atoms with E-state index in [1.54, 1.807) is 0 Å². The Balaban J connectivity index is 1.02. The van der Waals surface area contributed by atoms with Gasteiger partial charge in [0.15, 0.2) is 0 Å². The molecule has 0 fully saturated rings. The second kappa shape index (κ2) is 13.5. The summed E-state index contributed by atoms with van der Waals surface area (Å²) in [5.74, 6) is 0. The zero-order chi connectivity index (χ0) is 40.0. The Morgan fingerprint density at radius 2 is 0.639 bits per heavy atom. The average molecular weight is 814 g/mol. The van der Waals surface area contributed by atoms with Crippen molar-refractivity contribution in [2.24, 2.45) is 0 Å². The quantitative estimate of drug-likeness (QED) is 0.159. The van der Waals surface area contributed by atoms with Crippen LogP contribution >= 0.6 is 22.7 Å². The van der Waals surface area contributed by atoms with Gasteiger partial charge >= 0.3 is 0 Å². The van der Waals surface area contributed by atoms with Gasteiger partial charge in [-0.1, -0.05) is 133 Å². The Labute approximate surface area is 359 Å². The zero-order valence-corrected chi connectivity index (χ0v) is 34.5. The van der Waals surface area contributed by atoms with Gasteiger partial charge in [0.05, 0.1) is 42.5 Å². The number of hydrogen-bond acceptors (Lipinski definition) is 2. The van der Waals surface area contributed by atoms with Crippen molar-refractivity contribution in [3.63, 3.8) is 0 Å². The first kappa shape index (κ1) is 34.4. The van der Waals surface area contributed by atoms with Gasteiger partial charge in [0.25, 0.3) is 0 Å². The summed E-state index contributed by atoms with van der Waals surface area (Å²) in [5, 5.41) is 4.99. The minimum Gasteiger partial charge on any atom is -0.309 e. The van der Waals surface area contributed by atoms with E-state index < -0.39 is 0 Å². The Morgan fingerprint density at radius 3 is 1.21 bits per heavy atom. The van der Waals surface area contributed by atoms with Gasteiger partial charge < -0.3 is 13.7 Å². The molecule has 0 amide bonds. The standard InChI is InChI=1S/C56H35N3S2/c1-5-15-36(16-6-1)37-25-27-38(28-26-37)53-34-51-55(60-53)56-52(59(51)42-21-11-4-12-22-42)35-54(61-56)39-29-30-48-44(31-39)46-33-49-45(32-50(46)58(48)41-19-9-3-10-20-41)43-23-13-14-24-47(43)57(49)40-17-7-2-8-18-40/h1-35H. The molecule has 0 saturated heterocycles. The fourth-order valence-corrected chi connectivity index (χ4v) is 11.9. The van der Waals surface area contributed by atoms with E-state index in [2.05, 4.69) is 226 Å². The molecule has 5 heterocycles. The molecule has 3 nitrogen and oxygen atoms in total. The van der Waals surface area contributed by atoms with Crippen molar-refractivity contribution in [3.8, 4) is 49.1 Å². The van der Waals surface area contributed by atoms with E-state index in [0.717, 1.165) is 11.4 Å². The summed E-state index contributed by atoms with van der Waals surface area (Å²) < 4.78 is 9.98. The summed E-state index contributed by atoms with van der Waals surface area (Å²) in [4.78, 5) is 2.54. The minimum absolute atomic E-state index is 1.16. The monoisotopic (exact) mass is 813 g/mol. The van der Waals surface area contributed by atoms with Crippen LogP contribution < -0.4 is 0 Å². The zero-order valence-electron chi connectivity index (χ0n) is 32.9. The molecule has 13 rings (SSSR count). The van der Waals surface area contributed by atoms with E-state index in [-0.39, 0.29) is 0 Å². The predicted molar refractivity (Wildman–Crippen MR) is 262 cm³/mol. The first-order valence-electron chi connectivity index (χ1n) is 20.7. The first-order valence-corrected chi connectivity index (χ1v) is 22.3. The fourth-order valence-electron chi connectivity index (χ4n) is 9.49. The molecule has 0 aliphatic rings. The van der Waals surface area contributed by atoms with E-state index in [9.17, 15) is 0 Å². The van der Waals surface area contributed by atoms with Crippen LogP contribution in [0.3, 0.4) is 0 Å². The van der Waals surface area contributed by atoms with Crippen LogP contribution in [-0.2, 0) is 0 Å². The summed E-state index contributed by atoms with van der Waals surface area (Å²) in [6, 6.07) is 77.6. The van der Waals surface area contributed by atoms with Crippen molar-refractivity contribution in [1.82, 2.24) is 13.7 Å². The van der Waals surface area contributed by atoms with Crippen molar-refractivity contribution in [2.75, 3.05) is 0 Å². The normalized spacial score (nSPS) is 11.9. The van der Waals surface area contributed by atoms with Gasteiger partial charge in [-0.3, -0.25) is 0 Å². The number of rotatable bonds is 6. The van der Waals surface area contributed by atoms with E-state index in [4.69, 9.17) is 0 Å². The van der Waals surface area contributed by atoms with Crippen LogP contribution in [0, 0.1) is 0 Å². The highest BCUT2D eigenvalue weighted by atomic mass is 32.1. The van der Waals surface area contributed by atoms with Gasteiger partial charge in [-0.2, -0.15) is 0 Å². The Morgan fingerprint density at radius 1 is 0.246 bits per heavy atom. The molecular weight excluding hydrogens is 779 g/mol. The average Bonchev–Trinajstić information content (AvgIpc) is 4.14. The third-order valence-electron chi connectivity index (χ3n) is 12.3. The molecule has 61 heavy (non-hydrogen) atoms. The van der Waals surface area contributed by atoms with Crippen molar-refractivity contribution in [1.29, 1.82) is 0 Å². The van der Waals surface area contributed by atoms with Crippen molar-refractivity contribution in [3.05, 3.63) is 212 Å². The largest absolute Gasteiger partial charge is 0.309 e. The SMILES string of the molecule is c1ccc(-c2ccc(-c3cc4c(s3)c3sc(-c5ccc6c(c5)c5cc7c(cc5n6-c5ccccc5)c5ccccc5n7-c5ccccc5)cc3n4-c3ccccc3)cc2)cc1. The van der Waals surface area contributed by atoms with Crippen molar-refractivity contribution < 1.29 is 0 Å². The molecule has 0 atom stereocenters. The number of aromatic nitrogens is 3. The summed E-state index contributed by atoms with van der Waals surface area (Å²) in [5.41, 5.74) is 15.8. The lowest BCUT2D eigenvalue weighted by molar-refractivity contribution is 1.17. The van der Waals surface area contributed by atoms with Crippen LogP contribution in [0.15, 0.2) is 212 Å². The summed E-state index contributed by atoms with van der Waals surface area (Å²) >= 11 is 3.80. The van der Waals surface area contributed by atoms with Crippen LogP contribution in [0.2, 0.25) is 0 Å². The highest BCUT2D eigenvalue weighted by molar-refractivity contribution is 7.30. The molecule has 0 saturated carbocycles. The molecule has 0 spiro atoms. The van der Waals surface area contributed by atoms with Gasteiger partial charge in [-0.25, -0.2) is 0 Å². The second-order valence-corrected chi connectivity index (χ2v) is 17.8. The Kier molecular flexibility index (Phi) is 7.65. The van der Waals surface area contributed by atoms with Crippen molar-refractivity contribution in [2.45, 2.75) is 0 Å². The van der Waals surface area contributed by atoms with E-state index in [0.29, 0.717) is 0 Å². The lowest BCUT2D eigenvalue weighted by Crippen LogP contribution is -1.94. The number of fused-ring (bicyclic) bond motifs is 9. The molecule has 286 valence electrons. The fraction of sp³-hybridized carbons (Fsp3) is 0. The third kappa shape index (κ3) is 5.34. The summed E-state index contributed by atoms with van der Waals surface area (Å²) in [6.45, 7) is 0.